The molecule has 8 heteroatoms. The van der Waals surface area contributed by atoms with E-state index in [2.05, 4.69) is 9.72 Å². The maximum absolute atomic E-state index is 12.0. The van der Waals surface area contributed by atoms with Gasteiger partial charge < -0.3 is 9.47 Å². The zero-order valence-electron chi connectivity index (χ0n) is 8.51. The second kappa shape index (κ2) is 5.39. The number of ether oxygens (including phenoxy) is 2. The number of alkyl halides is 3. The van der Waals surface area contributed by atoms with Gasteiger partial charge in [-0.15, -0.1) is 13.2 Å². The first-order valence-corrected chi connectivity index (χ1v) is 5.31. The molecule has 0 bridgehead atoms. The third-order valence-electron chi connectivity index (χ3n) is 1.70. The number of hydrogen-bond donors (Lipinski definition) is 0. The van der Waals surface area contributed by atoms with Crippen LogP contribution < -0.4 is 9.47 Å². The van der Waals surface area contributed by atoms with Crippen LogP contribution in [0.1, 0.15) is 5.56 Å². The van der Waals surface area contributed by atoms with E-state index in [1.54, 1.807) is 22.6 Å². The van der Waals surface area contributed by atoms with Crippen LogP contribution in [0.5, 0.6) is 11.6 Å². The number of methoxy groups -OCH3 is 1. The molecule has 1 aromatic rings. The van der Waals surface area contributed by atoms with Gasteiger partial charge in [0, 0.05) is 11.8 Å². The van der Waals surface area contributed by atoms with E-state index >= 15 is 0 Å². The Morgan fingerprint density at radius 1 is 1.53 bits per heavy atom. The Morgan fingerprint density at radius 3 is 2.65 bits per heavy atom. The van der Waals surface area contributed by atoms with Crippen LogP contribution in [0.15, 0.2) is 6.20 Å². The predicted molar refractivity (Wildman–Crippen MR) is 59.5 cm³/mol. The highest BCUT2D eigenvalue weighted by Crippen LogP contribution is 2.34. The van der Waals surface area contributed by atoms with Crippen molar-refractivity contribution in [1.82, 2.24) is 4.98 Å². The lowest BCUT2D eigenvalue weighted by molar-refractivity contribution is -0.276. The van der Waals surface area contributed by atoms with Crippen molar-refractivity contribution in [3.8, 4) is 17.7 Å². The molecule has 1 rings (SSSR count). The van der Waals surface area contributed by atoms with Gasteiger partial charge >= 0.3 is 6.36 Å². The minimum atomic E-state index is -4.81. The summed E-state index contributed by atoms with van der Waals surface area (Å²) in [4.78, 5) is 3.51. The molecule has 0 aromatic carbocycles. The van der Waals surface area contributed by atoms with Crippen molar-refractivity contribution in [2.45, 2.75) is 12.8 Å². The number of aromatic nitrogens is 1. The molecule has 0 spiro atoms. The molecule has 0 N–H and O–H groups in total. The van der Waals surface area contributed by atoms with E-state index in [0.717, 1.165) is 6.20 Å². The summed E-state index contributed by atoms with van der Waals surface area (Å²) in [5.41, 5.74) is 0.411. The van der Waals surface area contributed by atoms with Gasteiger partial charge in [0.25, 0.3) is 0 Å². The van der Waals surface area contributed by atoms with Crippen LogP contribution in [-0.2, 0) is 6.42 Å². The van der Waals surface area contributed by atoms with E-state index < -0.39 is 12.2 Å². The fourth-order valence-corrected chi connectivity index (χ4v) is 1.92. The molecule has 4 nitrogen and oxygen atoms in total. The second-order valence-electron chi connectivity index (χ2n) is 2.82. The van der Waals surface area contributed by atoms with Crippen LogP contribution >= 0.6 is 22.6 Å². The summed E-state index contributed by atoms with van der Waals surface area (Å²) in [5.74, 6) is -0.418. The van der Waals surface area contributed by atoms with E-state index in [1.807, 2.05) is 6.07 Å². The first kappa shape index (κ1) is 13.8. The smallest absolute Gasteiger partial charge is 0.495 e. The minimum absolute atomic E-state index is 0.00152. The topological polar surface area (TPSA) is 55.1 Å². The molecule has 0 aliphatic carbocycles. The average Bonchev–Trinajstić information content (AvgIpc) is 2.21. The first-order valence-electron chi connectivity index (χ1n) is 4.23. The molecule has 0 aliphatic rings. The van der Waals surface area contributed by atoms with Crippen molar-refractivity contribution < 1.29 is 22.6 Å². The highest BCUT2D eigenvalue weighted by atomic mass is 127. The SMILES string of the molecule is COc1c(CC#N)cnc(OC(F)(F)F)c1I. The van der Waals surface area contributed by atoms with E-state index in [1.165, 1.54) is 7.11 Å². The molecular weight excluding hydrogens is 352 g/mol. The molecular formula is C9H6F3IN2O2. The van der Waals surface area contributed by atoms with Gasteiger partial charge in [-0.2, -0.15) is 5.26 Å². The molecule has 0 saturated heterocycles. The number of nitrogens with zero attached hydrogens (tertiary/aromatic N) is 2. The Hall–Kier alpha value is -1.24. The van der Waals surface area contributed by atoms with E-state index in [4.69, 9.17) is 10.00 Å². The third-order valence-corrected chi connectivity index (χ3v) is 2.65. The zero-order valence-corrected chi connectivity index (χ0v) is 10.7. The van der Waals surface area contributed by atoms with Gasteiger partial charge in [0.1, 0.15) is 9.32 Å². The highest BCUT2D eigenvalue weighted by Gasteiger charge is 2.33. The minimum Gasteiger partial charge on any atom is -0.495 e. The van der Waals surface area contributed by atoms with Gasteiger partial charge in [-0.25, -0.2) is 4.98 Å². The Balaban J connectivity index is 3.16. The second-order valence-corrected chi connectivity index (χ2v) is 3.90. The normalized spacial score (nSPS) is 10.8. The van der Waals surface area contributed by atoms with Gasteiger partial charge in [0.2, 0.25) is 5.88 Å². The van der Waals surface area contributed by atoms with Gasteiger partial charge in [0.05, 0.1) is 19.6 Å². The maximum Gasteiger partial charge on any atom is 0.574 e. The van der Waals surface area contributed by atoms with Crippen LogP contribution in [0.2, 0.25) is 0 Å². The summed E-state index contributed by atoms with van der Waals surface area (Å²) < 4.78 is 44.9. The Kier molecular flexibility index (Phi) is 4.39. The van der Waals surface area contributed by atoms with Crippen molar-refractivity contribution >= 4 is 22.6 Å². The molecule has 0 aliphatic heterocycles. The highest BCUT2D eigenvalue weighted by molar-refractivity contribution is 14.1. The fraction of sp³-hybridized carbons (Fsp3) is 0.333. The van der Waals surface area contributed by atoms with Gasteiger partial charge in [-0.1, -0.05) is 0 Å². The van der Waals surface area contributed by atoms with Crippen molar-refractivity contribution in [3.63, 3.8) is 0 Å². The predicted octanol–water partition coefficient (Wildman–Crippen LogP) is 2.66. The van der Waals surface area contributed by atoms with Crippen molar-refractivity contribution in [2.75, 3.05) is 7.11 Å². The molecule has 1 heterocycles. The summed E-state index contributed by atoms with van der Waals surface area (Å²) in [6.45, 7) is 0. The summed E-state index contributed by atoms with van der Waals surface area (Å²) in [7, 11) is 1.30. The van der Waals surface area contributed by atoms with E-state index in [9.17, 15) is 13.2 Å². The third kappa shape index (κ3) is 3.62. The molecule has 17 heavy (non-hydrogen) atoms. The Bertz CT molecular complexity index is 457. The van der Waals surface area contributed by atoms with Crippen LogP contribution in [0, 0.1) is 14.9 Å². The average molecular weight is 358 g/mol. The lowest BCUT2D eigenvalue weighted by atomic mass is 10.2. The lowest BCUT2D eigenvalue weighted by Crippen LogP contribution is -2.19. The van der Waals surface area contributed by atoms with Crippen LogP contribution in [0.4, 0.5) is 13.2 Å². The Morgan fingerprint density at radius 2 is 2.18 bits per heavy atom. The van der Waals surface area contributed by atoms with Crippen molar-refractivity contribution in [3.05, 3.63) is 15.3 Å². The molecule has 1 aromatic heterocycles. The fourth-order valence-electron chi connectivity index (χ4n) is 1.10. The summed E-state index contributed by atoms with van der Waals surface area (Å²) in [6.07, 6.45) is -3.68. The molecule has 0 radical (unpaired) electrons. The molecule has 0 saturated carbocycles. The lowest BCUT2D eigenvalue weighted by Gasteiger charge is -2.13. The van der Waals surface area contributed by atoms with Crippen molar-refractivity contribution in [2.24, 2.45) is 0 Å². The summed E-state index contributed by atoms with van der Waals surface area (Å²) >= 11 is 1.62. The Labute approximate surface area is 108 Å². The molecule has 0 amide bonds. The zero-order chi connectivity index (χ0) is 13.1. The first-order chi connectivity index (χ1) is 7.89. The van der Waals surface area contributed by atoms with Crippen LogP contribution in [-0.4, -0.2) is 18.5 Å². The van der Waals surface area contributed by atoms with Crippen LogP contribution in [0.25, 0.3) is 0 Å². The quantitative estimate of drug-likeness (QED) is 0.780. The molecule has 0 atom stereocenters. The molecule has 92 valence electrons. The van der Waals surface area contributed by atoms with Gasteiger partial charge in [-0.05, 0) is 22.6 Å². The summed E-state index contributed by atoms with van der Waals surface area (Å²) in [6, 6.07) is 1.87. The molecule has 0 unspecified atom stereocenters. The largest absolute Gasteiger partial charge is 0.574 e. The number of pyridine rings is 1. The monoisotopic (exact) mass is 358 g/mol. The maximum atomic E-state index is 12.0. The van der Waals surface area contributed by atoms with Gasteiger partial charge in [0.15, 0.2) is 0 Å². The van der Waals surface area contributed by atoms with Crippen LogP contribution in [0.3, 0.4) is 0 Å². The summed E-state index contributed by atoms with van der Waals surface area (Å²) in [5, 5.41) is 8.54. The van der Waals surface area contributed by atoms with E-state index in [0.29, 0.717) is 5.56 Å². The molecule has 0 fully saturated rings. The standard InChI is InChI=1S/C9H6F3IN2O2/c1-16-7-5(2-3-14)4-15-8(6(7)13)17-9(10,11)12/h4H,2H2,1H3. The number of rotatable bonds is 3. The number of nitriles is 1. The van der Waals surface area contributed by atoms with Gasteiger partial charge in [-0.3, -0.25) is 0 Å². The van der Waals surface area contributed by atoms with E-state index in [-0.39, 0.29) is 15.7 Å². The van der Waals surface area contributed by atoms with Crippen molar-refractivity contribution in [1.29, 1.82) is 5.26 Å². The number of hydrogen-bond acceptors (Lipinski definition) is 4. The number of halogens is 4.